The van der Waals surface area contributed by atoms with Crippen molar-refractivity contribution in [2.45, 2.75) is 45.8 Å². The Kier molecular flexibility index (Phi) is 5.03. The molecule has 0 saturated heterocycles. The summed E-state index contributed by atoms with van der Waals surface area (Å²) in [5, 5.41) is 9.09. The van der Waals surface area contributed by atoms with Gasteiger partial charge < -0.3 is 9.47 Å². The van der Waals surface area contributed by atoms with E-state index in [0.717, 1.165) is 30.2 Å². The van der Waals surface area contributed by atoms with Crippen LogP contribution in [0, 0.1) is 23.2 Å². The monoisotopic (exact) mass is 273 g/mol. The van der Waals surface area contributed by atoms with Gasteiger partial charge in [-0.15, -0.1) is 0 Å². The largest absolute Gasteiger partial charge is 0.495 e. The van der Waals surface area contributed by atoms with Crippen molar-refractivity contribution in [1.82, 2.24) is 0 Å². The van der Waals surface area contributed by atoms with Crippen molar-refractivity contribution in [3.63, 3.8) is 0 Å². The molecule has 2 unspecified atom stereocenters. The van der Waals surface area contributed by atoms with E-state index in [1.54, 1.807) is 7.11 Å². The molecule has 0 amide bonds. The minimum Gasteiger partial charge on any atom is -0.495 e. The maximum absolute atomic E-state index is 9.09. The molecule has 0 bridgehead atoms. The third-order valence-electron chi connectivity index (χ3n) is 4.01. The van der Waals surface area contributed by atoms with Crippen molar-refractivity contribution < 1.29 is 9.47 Å². The van der Waals surface area contributed by atoms with Gasteiger partial charge in [-0.2, -0.15) is 5.26 Å². The summed E-state index contributed by atoms with van der Waals surface area (Å²) in [7, 11) is 1.58. The van der Waals surface area contributed by atoms with E-state index in [9.17, 15) is 0 Å². The molecule has 20 heavy (non-hydrogen) atoms. The van der Waals surface area contributed by atoms with Crippen molar-refractivity contribution in [3.05, 3.63) is 29.3 Å². The molecule has 2 rings (SSSR count). The van der Waals surface area contributed by atoms with Crippen LogP contribution in [-0.2, 0) is 11.3 Å². The first-order valence-corrected chi connectivity index (χ1v) is 7.31. The zero-order valence-corrected chi connectivity index (χ0v) is 12.6. The van der Waals surface area contributed by atoms with E-state index < -0.39 is 0 Å². The number of benzene rings is 1. The molecular formula is C17H23NO2. The zero-order chi connectivity index (χ0) is 14.5. The second kappa shape index (κ2) is 6.76. The Labute approximate surface area is 121 Å². The smallest absolute Gasteiger partial charge is 0.136 e. The van der Waals surface area contributed by atoms with Crippen LogP contribution in [0.2, 0.25) is 0 Å². The second-order valence-corrected chi connectivity index (χ2v) is 6.00. The summed E-state index contributed by atoms with van der Waals surface area (Å²) >= 11 is 0. The lowest BCUT2D eigenvalue weighted by Crippen LogP contribution is -2.26. The zero-order valence-electron chi connectivity index (χ0n) is 12.6. The van der Waals surface area contributed by atoms with Gasteiger partial charge in [0, 0.05) is 0 Å². The molecule has 0 aromatic heterocycles. The fourth-order valence-corrected chi connectivity index (χ4v) is 3.16. The van der Waals surface area contributed by atoms with E-state index in [0.29, 0.717) is 24.0 Å². The van der Waals surface area contributed by atoms with Crippen molar-refractivity contribution in [2.24, 2.45) is 11.8 Å². The Morgan fingerprint density at radius 1 is 1.20 bits per heavy atom. The average Bonchev–Trinajstić information content (AvgIpc) is 2.43. The Balaban J connectivity index is 1.95. The van der Waals surface area contributed by atoms with Gasteiger partial charge in [-0.3, -0.25) is 0 Å². The predicted molar refractivity (Wildman–Crippen MR) is 78.5 cm³/mol. The van der Waals surface area contributed by atoms with Gasteiger partial charge in [0.15, 0.2) is 0 Å². The topological polar surface area (TPSA) is 42.2 Å². The molecule has 2 atom stereocenters. The lowest BCUT2D eigenvalue weighted by atomic mass is 9.82. The molecule has 0 aliphatic heterocycles. The van der Waals surface area contributed by atoms with Gasteiger partial charge in [-0.1, -0.05) is 19.9 Å². The molecule has 1 aliphatic carbocycles. The number of methoxy groups -OCH3 is 1. The number of hydrogen-bond acceptors (Lipinski definition) is 3. The van der Waals surface area contributed by atoms with Gasteiger partial charge in [0.1, 0.15) is 11.8 Å². The maximum Gasteiger partial charge on any atom is 0.136 e. The van der Waals surface area contributed by atoms with Crippen LogP contribution in [0.4, 0.5) is 0 Å². The Bertz CT molecular complexity index is 482. The van der Waals surface area contributed by atoms with E-state index in [1.165, 1.54) is 6.42 Å². The fourth-order valence-electron chi connectivity index (χ4n) is 3.16. The number of ether oxygens (including phenoxy) is 2. The molecule has 3 heteroatoms. The van der Waals surface area contributed by atoms with E-state index in [-0.39, 0.29) is 0 Å². The van der Waals surface area contributed by atoms with E-state index in [1.807, 2.05) is 18.2 Å². The number of nitrogens with zero attached hydrogens (tertiary/aromatic N) is 1. The van der Waals surface area contributed by atoms with E-state index >= 15 is 0 Å². The van der Waals surface area contributed by atoms with Crippen LogP contribution < -0.4 is 4.74 Å². The molecule has 1 aromatic carbocycles. The van der Waals surface area contributed by atoms with Gasteiger partial charge in [0.25, 0.3) is 0 Å². The normalized spacial score (nSPS) is 26.0. The summed E-state index contributed by atoms with van der Waals surface area (Å²) in [5.74, 6) is 2.11. The molecule has 0 radical (unpaired) electrons. The first kappa shape index (κ1) is 14.9. The van der Waals surface area contributed by atoms with Crippen LogP contribution >= 0.6 is 0 Å². The van der Waals surface area contributed by atoms with Crippen LogP contribution in [0.1, 0.15) is 44.2 Å². The molecule has 0 N–H and O–H groups in total. The summed E-state index contributed by atoms with van der Waals surface area (Å²) in [6.45, 7) is 5.17. The van der Waals surface area contributed by atoms with Crippen molar-refractivity contribution in [2.75, 3.05) is 7.11 Å². The molecule has 3 nitrogen and oxygen atoms in total. The maximum atomic E-state index is 9.09. The molecular weight excluding hydrogens is 250 g/mol. The van der Waals surface area contributed by atoms with Crippen molar-refractivity contribution in [1.29, 1.82) is 5.26 Å². The molecule has 0 heterocycles. The number of rotatable bonds is 4. The molecule has 1 aromatic rings. The highest BCUT2D eigenvalue weighted by Crippen LogP contribution is 2.31. The van der Waals surface area contributed by atoms with Crippen molar-refractivity contribution >= 4 is 0 Å². The van der Waals surface area contributed by atoms with Crippen LogP contribution in [0.3, 0.4) is 0 Å². The van der Waals surface area contributed by atoms with Gasteiger partial charge >= 0.3 is 0 Å². The summed E-state index contributed by atoms with van der Waals surface area (Å²) < 4.78 is 11.2. The van der Waals surface area contributed by atoms with Crippen LogP contribution in [0.15, 0.2) is 18.2 Å². The van der Waals surface area contributed by atoms with Gasteiger partial charge in [0.05, 0.1) is 25.4 Å². The van der Waals surface area contributed by atoms with Gasteiger partial charge in [-0.25, -0.2) is 0 Å². The van der Waals surface area contributed by atoms with Crippen molar-refractivity contribution in [3.8, 4) is 11.8 Å². The minimum atomic E-state index is 0.349. The first-order valence-electron chi connectivity index (χ1n) is 7.31. The van der Waals surface area contributed by atoms with Crippen LogP contribution in [0.5, 0.6) is 5.75 Å². The molecule has 108 valence electrons. The molecule has 1 saturated carbocycles. The Hall–Kier alpha value is -1.53. The van der Waals surface area contributed by atoms with Gasteiger partial charge in [0.2, 0.25) is 0 Å². The van der Waals surface area contributed by atoms with Gasteiger partial charge in [-0.05, 0) is 48.8 Å². The third-order valence-corrected chi connectivity index (χ3v) is 4.01. The molecule has 1 aliphatic rings. The van der Waals surface area contributed by atoms with E-state index in [2.05, 4.69) is 19.9 Å². The summed E-state index contributed by atoms with van der Waals surface area (Å²) in [5.41, 5.74) is 1.60. The lowest BCUT2D eigenvalue weighted by molar-refractivity contribution is -0.00917. The van der Waals surface area contributed by atoms with Crippen LogP contribution in [0.25, 0.3) is 0 Å². The summed E-state index contributed by atoms with van der Waals surface area (Å²) in [4.78, 5) is 0. The Morgan fingerprint density at radius 2 is 1.90 bits per heavy atom. The highest BCUT2D eigenvalue weighted by atomic mass is 16.5. The predicted octanol–water partition coefficient (Wildman–Crippen LogP) is 3.91. The fraction of sp³-hybridized carbons (Fsp3) is 0.588. The van der Waals surface area contributed by atoms with Crippen LogP contribution in [-0.4, -0.2) is 13.2 Å². The quantitative estimate of drug-likeness (QED) is 0.835. The second-order valence-electron chi connectivity index (χ2n) is 6.00. The minimum absolute atomic E-state index is 0.349. The summed E-state index contributed by atoms with van der Waals surface area (Å²) in [6, 6.07) is 7.82. The number of nitriles is 1. The Morgan fingerprint density at radius 3 is 2.50 bits per heavy atom. The molecule has 0 spiro atoms. The van der Waals surface area contributed by atoms with E-state index in [4.69, 9.17) is 14.7 Å². The first-order chi connectivity index (χ1) is 9.62. The number of hydrogen-bond donors (Lipinski definition) is 0. The molecule has 1 fully saturated rings. The third kappa shape index (κ3) is 3.74. The summed E-state index contributed by atoms with van der Waals surface area (Å²) in [6.07, 6.45) is 3.94. The highest BCUT2D eigenvalue weighted by Gasteiger charge is 2.24. The average molecular weight is 273 g/mol. The SMILES string of the molecule is COc1ccc(COC2CC(C)CC(C)C2)cc1C#N. The standard InChI is InChI=1S/C17H23NO2/c1-12-6-13(2)8-16(7-12)20-11-14-4-5-17(19-3)15(9-14)10-18/h4-5,9,12-13,16H,6-8,11H2,1-3H3. The lowest BCUT2D eigenvalue weighted by Gasteiger charge is -2.31. The highest BCUT2D eigenvalue weighted by molar-refractivity contribution is 5.45.